The molecule has 3 aromatic rings. The van der Waals surface area contributed by atoms with Crippen LogP contribution in [0.15, 0.2) is 71.6 Å². The van der Waals surface area contributed by atoms with Gasteiger partial charge in [0.2, 0.25) is 0 Å². The number of hydrogen-bond acceptors (Lipinski definition) is 5. The number of anilines is 1. The molecule has 10 heteroatoms. The third kappa shape index (κ3) is 7.43. The van der Waals surface area contributed by atoms with E-state index in [0.29, 0.717) is 21.2 Å². The van der Waals surface area contributed by atoms with Crippen LogP contribution in [0.4, 0.5) is 19.3 Å². The Hall–Kier alpha value is -3.14. The lowest BCUT2D eigenvalue weighted by atomic mass is 10.0. The van der Waals surface area contributed by atoms with Crippen LogP contribution in [0.2, 0.25) is 5.02 Å². The molecule has 6 nitrogen and oxygen atoms in total. The number of esters is 1. The highest BCUT2D eigenvalue weighted by Crippen LogP contribution is 2.37. The summed E-state index contributed by atoms with van der Waals surface area (Å²) >= 11 is 4.11. The highest BCUT2D eigenvalue weighted by atomic mass is 35.5. The van der Waals surface area contributed by atoms with Gasteiger partial charge in [0.15, 0.2) is 10.1 Å². The Kier molecular flexibility index (Phi) is 9.69. The molecule has 3 atom stereocenters. The molecule has 1 unspecified atom stereocenters. The molecule has 36 heavy (non-hydrogen) atoms. The average molecular weight is 536 g/mol. The molecule has 190 valence electrons. The van der Waals surface area contributed by atoms with Crippen molar-refractivity contribution in [2.24, 2.45) is 5.92 Å². The lowest BCUT2D eigenvalue weighted by Gasteiger charge is -2.27. The first-order chi connectivity index (χ1) is 17.2. The summed E-state index contributed by atoms with van der Waals surface area (Å²) in [6, 6.07) is 15.7. The Morgan fingerprint density at radius 3 is 2.50 bits per heavy atom. The SMILES string of the molecule is COC(=O)Cc1cccc(NC(=O)OC[C@@H](C)[C@@H](c2cc(F)ccc2F)[S+]([O-])c2ccc(Cl)cc2)c1. The van der Waals surface area contributed by atoms with Crippen LogP contribution in [0.3, 0.4) is 0 Å². The zero-order valence-corrected chi connectivity index (χ0v) is 21.1. The van der Waals surface area contributed by atoms with E-state index in [1.807, 2.05) is 0 Å². The fourth-order valence-electron chi connectivity index (χ4n) is 3.53. The molecule has 0 saturated carbocycles. The van der Waals surface area contributed by atoms with E-state index in [2.05, 4.69) is 10.1 Å². The van der Waals surface area contributed by atoms with Crippen molar-refractivity contribution < 1.29 is 32.4 Å². The van der Waals surface area contributed by atoms with E-state index >= 15 is 0 Å². The summed E-state index contributed by atoms with van der Waals surface area (Å²) in [5, 5.41) is 1.98. The lowest BCUT2D eigenvalue weighted by molar-refractivity contribution is -0.139. The Labute approximate surface area is 215 Å². The standard InChI is InChI=1S/C26H24ClF2NO5S/c1-16(15-35-26(32)30-20-5-3-4-17(12-20)13-24(31)34-2)25(22-14-19(28)8-11-23(22)29)36(33)21-9-6-18(27)7-10-21/h3-12,14,16,25H,13,15H2,1-2H3,(H,30,32)/t16-,25+,36?/m1/s1. The quantitative estimate of drug-likeness (QED) is 0.265. The minimum Gasteiger partial charge on any atom is -0.611 e. The van der Waals surface area contributed by atoms with Crippen LogP contribution in [0, 0.1) is 17.6 Å². The number of rotatable bonds is 9. The Morgan fingerprint density at radius 2 is 1.81 bits per heavy atom. The van der Waals surface area contributed by atoms with Crippen molar-refractivity contribution in [3.05, 3.63) is 94.5 Å². The van der Waals surface area contributed by atoms with Crippen molar-refractivity contribution in [2.75, 3.05) is 19.0 Å². The molecule has 3 aromatic carbocycles. The maximum Gasteiger partial charge on any atom is 0.411 e. The predicted octanol–water partition coefficient (Wildman–Crippen LogP) is 6.07. The molecular formula is C26H24ClF2NO5S. The number of benzene rings is 3. The maximum atomic E-state index is 14.7. The highest BCUT2D eigenvalue weighted by Gasteiger charge is 2.35. The lowest BCUT2D eigenvalue weighted by Crippen LogP contribution is -2.27. The summed E-state index contributed by atoms with van der Waals surface area (Å²) in [6.45, 7) is 1.40. The molecule has 0 fully saturated rings. The highest BCUT2D eigenvalue weighted by molar-refractivity contribution is 7.91. The van der Waals surface area contributed by atoms with Crippen molar-refractivity contribution in [3.8, 4) is 0 Å². The van der Waals surface area contributed by atoms with Gasteiger partial charge in [-0.2, -0.15) is 0 Å². The molecule has 0 spiro atoms. The Balaban J connectivity index is 1.74. The summed E-state index contributed by atoms with van der Waals surface area (Å²) in [5.74, 6) is -2.48. The molecule has 1 amide bonds. The van der Waals surface area contributed by atoms with Crippen molar-refractivity contribution in [3.63, 3.8) is 0 Å². The Bertz CT molecular complexity index is 1210. The molecule has 0 aliphatic carbocycles. The maximum absolute atomic E-state index is 14.7. The smallest absolute Gasteiger partial charge is 0.411 e. The van der Waals surface area contributed by atoms with Crippen LogP contribution in [-0.2, 0) is 31.9 Å². The molecule has 0 aromatic heterocycles. The van der Waals surface area contributed by atoms with E-state index < -0.39 is 46.0 Å². The molecule has 0 aliphatic rings. The van der Waals surface area contributed by atoms with E-state index in [4.69, 9.17) is 16.3 Å². The van der Waals surface area contributed by atoms with Gasteiger partial charge < -0.3 is 14.0 Å². The fourth-order valence-corrected chi connectivity index (χ4v) is 5.26. The molecular weight excluding hydrogens is 512 g/mol. The van der Waals surface area contributed by atoms with E-state index in [1.54, 1.807) is 55.5 Å². The number of methoxy groups -OCH3 is 1. The van der Waals surface area contributed by atoms with Gasteiger partial charge in [0.1, 0.15) is 18.2 Å². The van der Waals surface area contributed by atoms with E-state index in [-0.39, 0.29) is 18.6 Å². The first kappa shape index (κ1) is 27.4. The third-order valence-corrected chi connectivity index (χ3v) is 7.45. The van der Waals surface area contributed by atoms with Crippen molar-refractivity contribution >= 4 is 40.5 Å². The van der Waals surface area contributed by atoms with Gasteiger partial charge in [-0.3, -0.25) is 10.1 Å². The fraction of sp³-hybridized carbons (Fsp3) is 0.231. The van der Waals surface area contributed by atoms with Crippen molar-refractivity contribution in [1.29, 1.82) is 0 Å². The van der Waals surface area contributed by atoms with Gasteiger partial charge in [-0.15, -0.1) is 0 Å². The summed E-state index contributed by atoms with van der Waals surface area (Å²) < 4.78 is 52.0. The molecule has 0 bridgehead atoms. The normalized spacial score (nSPS) is 13.4. The van der Waals surface area contributed by atoms with Gasteiger partial charge in [-0.1, -0.05) is 30.7 Å². The monoisotopic (exact) mass is 535 g/mol. The Morgan fingerprint density at radius 1 is 1.08 bits per heavy atom. The van der Waals surface area contributed by atoms with Crippen LogP contribution >= 0.6 is 11.6 Å². The molecule has 0 saturated heterocycles. The first-order valence-electron chi connectivity index (χ1n) is 10.9. The number of carbonyl (C=O) groups excluding carboxylic acids is 2. The largest absolute Gasteiger partial charge is 0.611 e. The predicted molar refractivity (Wildman–Crippen MR) is 133 cm³/mol. The molecule has 0 aliphatic heterocycles. The number of halogens is 3. The second-order valence-electron chi connectivity index (χ2n) is 7.99. The second-order valence-corrected chi connectivity index (χ2v) is 10.0. The minimum absolute atomic E-state index is 0.0372. The minimum atomic E-state index is -1.81. The number of carbonyl (C=O) groups is 2. The van der Waals surface area contributed by atoms with Gasteiger partial charge >= 0.3 is 12.1 Å². The van der Waals surface area contributed by atoms with Gasteiger partial charge in [-0.25, -0.2) is 13.6 Å². The summed E-state index contributed by atoms with van der Waals surface area (Å²) in [7, 11) is 1.28. The van der Waals surface area contributed by atoms with Crippen LogP contribution in [-0.4, -0.2) is 30.3 Å². The molecule has 3 rings (SSSR count). The summed E-state index contributed by atoms with van der Waals surface area (Å²) in [5.41, 5.74) is 0.940. The summed E-state index contributed by atoms with van der Waals surface area (Å²) in [4.78, 5) is 24.3. The van der Waals surface area contributed by atoms with Crippen LogP contribution in [0.25, 0.3) is 0 Å². The molecule has 1 N–H and O–H groups in total. The summed E-state index contributed by atoms with van der Waals surface area (Å²) in [6.07, 6.45) is -0.761. The van der Waals surface area contributed by atoms with Gasteiger partial charge in [-0.05, 0) is 71.3 Å². The van der Waals surface area contributed by atoms with Gasteiger partial charge in [0.25, 0.3) is 0 Å². The molecule has 0 radical (unpaired) electrons. The average Bonchev–Trinajstić information content (AvgIpc) is 2.85. The van der Waals surface area contributed by atoms with Crippen LogP contribution in [0.5, 0.6) is 0 Å². The van der Waals surface area contributed by atoms with Crippen LogP contribution < -0.4 is 5.32 Å². The van der Waals surface area contributed by atoms with E-state index in [0.717, 1.165) is 18.2 Å². The zero-order chi connectivity index (χ0) is 26.2. The number of ether oxygens (including phenoxy) is 2. The van der Waals surface area contributed by atoms with Crippen molar-refractivity contribution in [1.82, 2.24) is 0 Å². The van der Waals surface area contributed by atoms with E-state index in [9.17, 15) is 22.9 Å². The topological polar surface area (TPSA) is 87.7 Å². The second kappa shape index (κ2) is 12.7. The van der Waals surface area contributed by atoms with Gasteiger partial charge in [0, 0.05) is 22.2 Å². The third-order valence-electron chi connectivity index (χ3n) is 5.28. The van der Waals surface area contributed by atoms with Gasteiger partial charge in [0.05, 0.1) is 13.5 Å². The molecule has 0 heterocycles. The zero-order valence-electron chi connectivity index (χ0n) is 19.5. The first-order valence-corrected chi connectivity index (χ1v) is 12.5. The number of hydrogen-bond donors (Lipinski definition) is 1. The van der Waals surface area contributed by atoms with Crippen LogP contribution in [0.1, 0.15) is 23.3 Å². The van der Waals surface area contributed by atoms with Crippen molar-refractivity contribution in [2.45, 2.75) is 23.5 Å². The number of amides is 1. The van der Waals surface area contributed by atoms with E-state index in [1.165, 1.54) is 7.11 Å². The number of nitrogens with one attached hydrogen (secondary N) is 1.